The second-order valence-corrected chi connectivity index (χ2v) is 5.04. The summed E-state index contributed by atoms with van der Waals surface area (Å²) in [6.45, 7) is 1.89. The largest absolute Gasteiger partial charge is 0.313 e. The first-order valence-electron chi connectivity index (χ1n) is 6.45. The quantitative estimate of drug-likeness (QED) is 0.808. The molecule has 2 heterocycles. The van der Waals surface area contributed by atoms with Gasteiger partial charge < -0.3 is 4.90 Å². The van der Waals surface area contributed by atoms with Gasteiger partial charge in [-0.25, -0.2) is 9.97 Å². The van der Waals surface area contributed by atoms with Gasteiger partial charge in [0.05, 0.1) is 5.69 Å². The summed E-state index contributed by atoms with van der Waals surface area (Å²) in [5.74, 6) is -0.782. The van der Waals surface area contributed by atoms with Gasteiger partial charge in [0.15, 0.2) is 0 Å². The molecule has 0 aliphatic heterocycles. The SMILES string of the molecule is Cc1cc(C2CC2)nc(N(C)c2cc(F)nc(F)c2)n1. The van der Waals surface area contributed by atoms with Crippen molar-refractivity contribution in [3.63, 3.8) is 0 Å². The van der Waals surface area contributed by atoms with Crippen LogP contribution in [0.15, 0.2) is 18.2 Å². The Morgan fingerprint density at radius 1 is 1.05 bits per heavy atom. The molecule has 6 heteroatoms. The van der Waals surface area contributed by atoms with Gasteiger partial charge >= 0.3 is 0 Å². The molecule has 0 amide bonds. The second kappa shape index (κ2) is 4.77. The minimum atomic E-state index is -0.859. The molecule has 20 heavy (non-hydrogen) atoms. The van der Waals surface area contributed by atoms with Gasteiger partial charge in [0, 0.05) is 36.5 Å². The Morgan fingerprint density at radius 3 is 2.30 bits per heavy atom. The van der Waals surface area contributed by atoms with Crippen LogP contribution in [0.25, 0.3) is 0 Å². The van der Waals surface area contributed by atoms with E-state index in [9.17, 15) is 8.78 Å². The number of hydrogen-bond acceptors (Lipinski definition) is 4. The van der Waals surface area contributed by atoms with Crippen molar-refractivity contribution in [2.45, 2.75) is 25.7 Å². The van der Waals surface area contributed by atoms with Crippen LogP contribution >= 0.6 is 0 Å². The number of pyridine rings is 1. The van der Waals surface area contributed by atoms with Crippen LogP contribution in [0.2, 0.25) is 0 Å². The number of rotatable bonds is 3. The predicted octanol–water partition coefficient (Wildman–Crippen LogP) is 3.10. The van der Waals surface area contributed by atoms with E-state index in [4.69, 9.17) is 0 Å². The molecule has 1 saturated carbocycles. The Bertz CT molecular complexity index is 635. The van der Waals surface area contributed by atoms with Gasteiger partial charge in [-0.3, -0.25) is 0 Å². The maximum Gasteiger partial charge on any atom is 0.230 e. The molecule has 0 aromatic carbocycles. The van der Waals surface area contributed by atoms with E-state index in [1.807, 2.05) is 13.0 Å². The van der Waals surface area contributed by atoms with Crippen molar-refractivity contribution < 1.29 is 8.78 Å². The molecule has 0 atom stereocenters. The molecule has 104 valence electrons. The second-order valence-electron chi connectivity index (χ2n) is 5.04. The Balaban J connectivity index is 1.98. The van der Waals surface area contributed by atoms with Crippen LogP contribution in [-0.4, -0.2) is 22.0 Å². The predicted molar refractivity (Wildman–Crippen MR) is 71.0 cm³/mol. The molecule has 0 unspecified atom stereocenters. The van der Waals surface area contributed by atoms with E-state index in [0.29, 0.717) is 17.6 Å². The molecule has 2 aromatic rings. The standard InChI is InChI=1S/C14H14F2N4/c1-8-5-11(9-3-4-9)18-14(17-8)20(2)10-6-12(15)19-13(16)7-10/h5-7,9H,3-4H2,1-2H3. The summed E-state index contributed by atoms with van der Waals surface area (Å²) in [4.78, 5) is 13.5. The van der Waals surface area contributed by atoms with E-state index in [1.54, 1.807) is 11.9 Å². The summed E-state index contributed by atoms with van der Waals surface area (Å²) in [7, 11) is 1.68. The fourth-order valence-corrected chi connectivity index (χ4v) is 2.08. The van der Waals surface area contributed by atoms with E-state index in [1.165, 1.54) is 0 Å². The van der Waals surface area contributed by atoms with Gasteiger partial charge in [-0.05, 0) is 25.8 Å². The first-order chi connectivity index (χ1) is 9.52. The molecular weight excluding hydrogens is 262 g/mol. The number of nitrogens with zero attached hydrogens (tertiary/aromatic N) is 4. The van der Waals surface area contributed by atoms with Crippen LogP contribution in [0.1, 0.15) is 30.1 Å². The first-order valence-corrected chi connectivity index (χ1v) is 6.45. The van der Waals surface area contributed by atoms with E-state index in [-0.39, 0.29) is 0 Å². The minimum absolute atomic E-state index is 0.336. The number of halogens is 2. The average molecular weight is 276 g/mol. The lowest BCUT2D eigenvalue weighted by atomic mass is 10.2. The first kappa shape index (κ1) is 12.9. The number of aromatic nitrogens is 3. The maximum atomic E-state index is 13.2. The summed E-state index contributed by atoms with van der Waals surface area (Å²) in [5, 5.41) is 0. The third-order valence-corrected chi connectivity index (χ3v) is 3.29. The molecule has 0 spiro atoms. The molecule has 1 aliphatic rings. The molecule has 4 nitrogen and oxygen atoms in total. The van der Waals surface area contributed by atoms with Crippen molar-refractivity contribution >= 4 is 11.6 Å². The summed E-state index contributed by atoms with van der Waals surface area (Å²) >= 11 is 0. The molecular formula is C14H14F2N4. The van der Waals surface area contributed by atoms with Crippen molar-refractivity contribution in [3.05, 3.63) is 41.5 Å². The monoisotopic (exact) mass is 276 g/mol. The highest BCUT2D eigenvalue weighted by Gasteiger charge is 2.26. The fourth-order valence-electron chi connectivity index (χ4n) is 2.08. The summed E-state index contributed by atoms with van der Waals surface area (Å²) in [6.07, 6.45) is 2.27. The zero-order valence-electron chi connectivity index (χ0n) is 11.3. The molecule has 3 rings (SSSR count). The fraction of sp³-hybridized carbons (Fsp3) is 0.357. The van der Waals surface area contributed by atoms with Gasteiger partial charge in [0.1, 0.15) is 0 Å². The molecule has 0 N–H and O–H groups in total. The Labute approximate surface area is 115 Å². The van der Waals surface area contributed by atoms with Crippen LogP contribution in [0, 0.1) is 18.8 Å². The summed E-state index contributed by atoms with van der Waals surface area (Å²) < 4.78 is 26.4. The smallest absolute Gasteiger partial charge is 0.230 e. The maximum absolute atomic E-state index is 13.2. The molecule has 0 bridgehead atoms. The Hall–Kier alpha value is -2.11. The van der Waals surface area contributed by atoms with Gasteiger partial charge in [-0.1, -0.05) is 0 Å². The van der Waals surface area contributed by atoms with E-state index in [0.717, 1.165) is 36.4 Å². The summed E-state index contributed by atoms with van der Waals surface area (Å²) in [5.41, 5.74) is 2.18. The van der Waals surface area contributed by atoms with Crippen molar-refractivity contribution in [3.8, 4) is 0 Å². The molecule has 0 saturated heterocycles. The highest BCUT2D eigenvalue weighted by Crippen LogP contribution is 2.39. The number of hydrogen-bond donors (Lipinski definition) is 0. The Morgan fingerprint density at radius 2 is 1.70 bits per heavy atom. The van der Waals surface area contributed by atoms with Crippen LogP contribution < -0.4 is 4.90 Å². The molecule has 1 fully saturated rings. The van der Waals surface area contributed by atoms with Crippen molar-refractivity contribution in [1.29, 1.82) is 0 Å². The topological polar surface area (TPSA) is 41.9 Å². The lowest BCUT2D eigenvalue weighted by Gasteiger charge is -2.18. The van der Waals surface area contributed by atoms with Gasteiger partial charge in [-0.15, -0.1) is 0 Å². The zero-order valence-corrected chi connectivity index (χ0v) is 11.3. The lowest BCUT2D eigenvalue weighted by Crippen LogP contribution is -2.15. The molecule has 0 radical (unpaired) electrons. The minimum Gasteiger partial charge on any atom is -0.313 e. The van der Waals surface area contributed by atoms with Gasteiger partial charge in [0.25, 0.3) is 0 Å². The average Bonchev–Trinajstić information content (AvgIpc) is 3.20. The number of aryl methyl sites for hydroxylation is 1. The van der Waals surface area contributed by atoms with Crippen molar-refractivity contribution in [2.24, 2.45) is 0 Å². The van der Waals surface area contributed by atoms with Gasteiger partial charge in [0.2, 0.25) is 17.8 Å². The van der Waals surface area contributed by atoms with E-state index < -0.39 is 11.9 Å². The third-order valence-electron chi connectivity index (χ3n) is 3.29. The van der Waals surface area contributed by atoms with Crippen LogP contribution in [0.5, 0.6) is 0 Å². The van der Waals surface area contributed by atoms with Gasteiger partial charge in [-0.2, -0.15) is 13.8 Å². The van der Waals surface area contributed by atoms with Crippen molar-refractivity contribution in [2.75, 3.05) is 11.9 Å². The highest BCUT2D eigenvalue weighted by molar-refractivity contribution is 5.55. The van der Waals surface area contributed by atoms with Crippen LogP contribution in [-0.2, 0) is 0 Å². The van der Waals surface area contributed by atoms with E-state index >= 15 is 0 Å². The van der Waals surface area contributed by atoms with Crippen LogP contribution in [0.3, 0.4) is 0 Å². The van der Waals surface area contributed by atoms with Crippen molar-refractivity contribution in [1.82, 2.24) is 15.0 Å². The van der Waals surface area contributed by atoms with Crippen LogP contribution in [0.4, 0.5) is 20.4 Å². The zero-order chi connectivity index (χ0) is 14.3. The Kier molecular flexibility index (Phi) is 3.08. The lowest BCUT2D eigenvalue weighted by molar-refractivity contribution is 0.513. The molecule has 2 aromatic heterocycles. The number of anilines is 2. The normalized spacial score (nSPS) is 14.4. The highest BCUT2D eigenvalue weighted by atomic mass is 19.1. The summed E-state index contributed by atoms with van der Waals surface area (Å²) in [6, 6.07) is 4.28. The molecule has 1 aliphatic carbocycles. The van der Waals surface area contributed by atoms with E-state index in [2.05, 4.69) is 15.0 Å². The third kappa shape index (κ3) is 2.59.